The minimum atomic E-state index is 0.199. The lowest BCUT2D eigenvalue weighted by atomic mass is 10.0. The van der Waals surface area contributed by atoms with Crippen molar-refractivity contribution >= 4 is 17.4 Å². The van der Waals surface area contributed by atoms with Gasteiger partial charge in [-0.15, -0.1) is 5.10 Å². The van der Waals surface area contributed by atoms with Crippen LogP contribution >= 0.6 is 0 Å². The number of allylic oxidation sites excluding steroid dienone is 4. The van der Waals surface area contributed by atoms with Gasteiger partial charge in [-0.1, -0.05) is 23.3 Å². The third kappa shape index (κ3) is 5.35. The van der Waals surface area contributed by atoms with Crippen LogP contribution in [0.5, 0.6) is 0 Å². The Morgan fingerprint density at radius 2 is 1.94 bits per heavy atom. The lowest BCUT2D eigenvalue weighted by molar-refractivity contribution is 0.232. The molecule has 9 nitrogen and oxygen atoms in total. The first-order chi connectivity index (χ1) is 17.2. The molecule has 1 aliphatic heterocycles. The molecule has 0 saturated heterocycles. The highest BCUT2D eigenvalue weighted by molar-refractivity contribution is 5.77. The molecule has 0 unspecified atom stereocenters. The monoisotopic (exact) mass is 470 g/mol. The topological polar surface area (TPSA) is 97.6 Å². The van der Waals surface area contributed by atoms with Gasteiger partial charge in [-0.2, -0.15) is 0 Å². The van der Waals surface area contributed by atoms with Crippen LogP contribution < -0.4 is 15.5 Å². The summed E-state index contributed by atoms with van der Waals surface area (Å²) in [4.78, 5) is 6.12. The third-order valence-electron chi connectivity index (χ3n) is 5.54. The normalized spacial score (nSPS) is 14.7. The number of hydrogen-bond acceptors (Lipinski definition) is 9. The van der Waals surface area contributed by atoms with Gasteiger partial charge in [0.1, 0.15) is 6.26 Å². The van der Waals surface area contributed by atoms with Crippen molar-refractivity contribution in [2.75, 3.05) is 29.6 Å². The molecule has 2 N–H and O–H groups in total. The van der Waals surface area contributed by atoms with E-state index in [1.54, 1.807) is 18.7 Å². The van der Waals surface area contributed by atoms with Crippen molar-refractivity contribution in [1.29, 1.82) is 0 Å². The van der Waals surface area contributed by atoms with Gasteiger partial charge in [0.15, 0.2) is 12.0 Å². The van der Waals surface area contributed by atoms with Crippen LogP contribution in [0.3, 0.4) is 0 Å². The highest BCUT2D eigenvalue weighted by Crippen LogP contribution is 2.33. The quantitative estimate of drug-likeness (QED) is 0.461. The third-order valence-corrected chi connectivity index (χ3v) is 5.54. The zero-order valence-electron chi connectivity index (χ0n) is 19.6. The number of hydrogen-bond donors (Lipinski definition) is 2. The van der Waals surface area contributed by atoms with Gasteiger partial charge >= 0.3 is 6.01 Å². The van der Waals surface area contributed by atoms with Gasteiger partial charge in [-0.25, -0.2) is 0 Å². The van der Waals surface area contributed by atoms with Crippen LogP contribution in [0.25, 0.3) is 11.5 Å². The minimum Gasteiger partial charge on any atom is -0.463 e. The summed E-state index contributed by atoms with van der Waals surface area (Å²) in [6, 6.07) is 10.2. The van der Waals surface area contributed by atoms with Gasteiger partial charge in [0, 0.05) is 44.4 Å². The zero-order valence-corrected chi connectivity index (χ0v) is 19.6. The molecule has 35 heavy (non-hydrogen) atoms. The Kier molecular flexibility index (Phi) is 6.47. The lowest BCUT2D eigenvalue weighted by Gasteiger charge is -2.19. The molecule has 0 fully saturated rings. The molecule has 0 saturated carbocycles. The number of ether oxygens (including phenoxy) is 2. The zero-order chi connectivity index (χ0) is 24.0. The molecule has 3 aromatic rings. The van der Waals surface area contributed by atoms with E-state index in [0.29, 0.717) is 24.1 Å². The maximum absolute atomic E-state index is 5.93. The van der Waals surface area contributed by atoms with Gasteiger partial charge in [0.2, 0.25) is 5.88 Å². The Morgan fingerprint density at radius 3 is 2.74 bits per heavy atom. The molecule has 0 spiro atoms. The molecule has 2 aromatic heterocycles. The summed E-state index contributed by atoms with van der Waals surface area (Å²) in [5.74, 6) is 1.40. The second-order valence-corrected chi connectivity index (χ2v) is 8.23. The van der Waals surface area contributed by atoms with Crippen LogP contribution in [-0.4, -0.2) is 29.3 Å². The van der Waals surface area contributed by atoms with E-state index in [4.69, 9.17) is 13.9 Å². The van der Waals surface area contributed by atoms with Crippen LogP contribution in [-0.2, 0) is 16.0 Å². The van der Waals surface area contributed by atoms with E-state index in [2.05, 4.69) is 38.0 Å². The van der Waals surface area contributed by atoms with Crippen molar-refractivity contribution < 1.29 is 13.9 Å². The van der Waals surface area contributed by atoms with Crippen LogP contribution in [0.15, 0.2) is 95.1 Å². The molecule has 5 rings (SSSR count). The average molecular weight is 471 g/mol. The molecular formula is C26H26N6O3. The summed E-state index contributed by atoms with van der Waals surface area (Å²) in [6.07, 6.45) is 14.6. The Labute approximate surface area is 203 Å². The number of pyridine rings is 1. The summed E-state index contributed by atoms with van der Waals surface area (Å²) in [6.45, 7) is 0.629. The SMILES string of the molecule is CN(C)c1ccc(-c2nnc(NC3=COC=C(C4=CC=CCC4)O3)o2)c(NCc2ccncc2)c1. The van der Waals surface area contributed by atoms with Gasteiger partial charge in [-0.05, 0) is 54.3 Å². The maximum atomic E-state index is 5.93. The van der Waals surface area contributed by atoms with Crippen LogP contribution in [0.4, 0.5) is 17.4 Å². The molecule has 3 heterocycles. The Hall–Kier alpha value is -4.53. The Bertz CT molecular complexity index is 1310. The fraction of sp³-hybridized carbons (Fsp3) is 0.192. The van der Waals surface area contributed by atoms with E-state index in [1.807, 2.05) is 55.4 Å². The van der Waals surface area contributed by atoms with E-state index in [-0.39, 0.29) is 6.01 Å². The average Bonchev–Trinajstić information content (AvgIpc) is 3.36. The van der Waals surface area contributed by atoms with Gasteiger partial charge in [0.05, 0.1) is 5.56 Å². The molecule has 0 bridgehead atoms. The summed E-state index contributed by atoms with van der Waals surface area (Å²) in [5.41, 5.74) is 4.90. The summed E-state index contributed by atoms with van der Waals surface area (Å²) >= 11 is 0. The molecule has 9 heteroatoms. The van der Waals surface area contributed by atoms with E-state index >= 15 is 0 Å². The van der Waals surface area contributed by atoms with Crippen molar-refractivity contribution in [1.82, 2.24) is 15.2 Å². The van der Waals surface area contributed by atoms with Crippen molar-refractivity contribution in [3.8, 4) is 11.5 Å². The van der Waals surface area contributed by atoms with Crippen molar-refractivity contribution in [3.63, 3.8) is 0 Å². The molecular weight excluding hydrogens is 444 g/mol. The molecule has 2 aliphatic rings. The standard InChI is InChI=1S/C26H26N6O3/c1-32(2)20-8-9-21(22(14-20)28-15-18-10-12-27-13-11-18)25-30-31-26(35-25)29-24-17-33-16-23(34-24)19-6-4-3-5-7-19/h3-4,6,8-14,16-17,28H,5,7,15H2,1-2H3,(H,29,31). The Balaban J connectivity index is 1.32. The van der Waals surface area contributed by atoms with Gasteiger partial charge < -0.3 is 24.1 Å². The van der Waals surface area contributed by atoms with Crippen molar-refractivity contribution in [2.45, 2.75) is 19.4 Å². The number of nitrogens with zero attached hydrogens (tertiary/aromatic N) is 4. The number of nitrogens with one attached hydrogen (secondary N) is 2. The van der Waals surface area contributed by atoms with E-state index in [1.165, 1.54) is 6.26 Å². The van der Waals surface area contributed by atoms with Gasteiger partial charge in [0.25, 0.3) is 5.89 Å². The first kappa shape index (κ1) is 22.3. The molecule has 1 aliphatic carbocycles. The minimum absolute atomic E-state index is 0.199. The number of anilines is 3. The fourth-order valence-electron chi connectivity index (χ4n) is 3.66. The first-order valence-electron chi connectivity index (χ1n) is 11.3. The number of rotatable bonds is 8. The highest BCUT2D eigenvalue weighted by Gasteiger charge is 2.19. The van der Waals surface area contributed by atoms with Crippen LogP contribution in [0.1, 0.15) is 18.4 Å². The number of benzene rings is 1. The summed E-state index contributed by atoms with van der Waals surface area (Å²) in [7, 11) is 4.00. The highest BCUT2D eigenvalue weighted by atomic mass is 16.6. The molecule has 178 valence electrons. The predicted octanol–water partition coefficient (Wildman–Crippen LogP) is 5.19. The molecule has 0 radical (unpaired) electrons. The van der Waals surface area contributed by atoms with Crippen molar-refractivity contribution in [3.05, 3.63) is 96.3 Å². The Morgan fingerprint density at radius 1 is 1.06 bits per heavy atom. The fourth-order valence-corrected chi connectivity index (χ4v) is 3.66. The van der Waals surface area contributed by atoms with E-state index in [9.17, 15) is 0 Å². The largest absolute Gasteiger partial charge is 0.463 e. The predicted molar refractivity (Wildman–Crippen MR) is 134 cm³/mol. The summed E-state index contributed by atoms with van der Waals surface area (Å²) in [5, 5.41) is 14.9. The van der Waals surface area contributed by atoms with E-state index < -0.39 is 0 Å². The van der Waals surface area contributed by atoms with Gasteiger partial charge in [-0.3, -0.25) is 10.3 Å². The second kappa shape index (κ2) is 10.2. The molecule has 0 atom stereocenters. The van der Waals surface area contributed by atoms with Crippen LogP contribution in [0, 0.1) is 0 Å². The first-order valence-corrected chi connectivity index (χ1v) is 11.3. The van der Waals surface area contributed by atoms with E-state index in [0.717, 1.165) is 40.9 Å². The smallest absolute Gasteiger partial charge is 0.322 e. The molecule has 0 amide bonds. The van der Waals surface area contributed by atoms with Crippen molar-refractivity contribution in [2.24, 2.45) is 0 Å². The molecule has 1 aromatic carbocycles. The lowest BCUT2D eigenvalue weighted by Crippen LogP contribution is -2.10. The van der Waals surface area contributed by atoms with Crippen LogP contribution in [0.2, 0.25) is 0 Å². The number of aromatic nitrogens is 3. The maximum Gasteiger partial charge on any atom is 0.322 e. The summed E-state index contributed by atoms with van der Waals surface area (Å²) < 4.78 is 17.3. The second-order valence-electron chi connectivity index (χ2n) is 8.23.